The Balaban J connectivity index is 1.89. The van der Waals surface area contributed by atoms with Gasteiger partial charge in [0.15, 0.2) is 0 Å². The average molecular weight is 298 g/mol. The molecule has 3 rings (SSSR count). The summed E-state index contributed by atoms with van der Waals surface area (Å²) < 4.78 is 0. The standard InChI is InChI=1S/C17H18N2O3/c1-2-14(20)18-12-6-5-7-13(10-12)19-15(21)11-17(16(19)22)8-3-4-9-17/h2,5-7,10H,1,3-4,8-9,11H2,(H,18,20). The molecular formula is C17H18N2O3. The number of carbonyl (C=O) groups is 3. The fourth-order valence-corrected chi connectivity index (χ4v) is 3.41. The van der Waals surface area contributed by atoms with E-state index in [1.165, 1.54) is 11.0 Å². The van der Waals surface area contributed by atoms with Gasteiger partial charge >= 0.3 is 0 Å². The molecule has 1 N–H and O–H groups in total. The SMILES string of the molecule is C=CC(=O)Nc1cccc(N2C(=O)CC3(CCCC3)C2=O)c1. The van der Waals surface area contributed by atoms with Crippen LogP contribution in [0, 0.1) is 5.41 Å². The minimum Gasteiger partial charge on any atom is -0.322 e. The third kappa shape index (κ3) is 2.32. The van der Waals surface area contributed by atoms with Gasteiger partial charge < -0.3 is 5.32 Å². The van der Waals surface area contributed by atoms with E-state index in [0.29, 0.717) is 17.8 Å². The molecule has 5 heteroatoms. The van der Waals surface area contributed by atoms with E-state index in [1.807, 2.05) is 0 Å². The first-order chi connectivity index (χ1) is 10.6. The highest BCUT2D eigenvalue weighted by Gasteiger charge is 2.53. The topological polar surface area (TPSA) is 66.5 Å². The molecule has 2 fully saturated rings. The summed E-state index contributed by atoms with van der Waals surface area (Å²) in [6.45, 7) is 3.40. The Labute approximate surface area is 129 Å². The van der Waals surface area contributed by atoms with Crippen LogP contribution in [0.5, 0.6) is 0 Å². The minimum atomic E-state index is -0.489. The van der Waals surface area contributed by atoms with E-state index < -0.39 is 5.41 Å². The number of nitrogens with one attached hydrogen (secondary N) is 1. The molecule has 2 aliphatic rings. The zero-order chi connectivity index (χ0) is 15.7. The smallest absolute Gasteiger partial charge is 0.247 e. The fourth-order valence-electron chi connectivity index (χ4n) is 3.41. The Kier molecular flexibility index (Phi) is 3.56. The molecule has 1 aliphatic heterocycles. The molecule has 1 aliphatic carbocycles. The van der Waals surface area contributed by atoms with Gasteiger partial charge in [0.05, 0.1) is 11.1 Å². The molecule has 0 unspecified atom stereocenters. The largest absolute Gasteiger partial charge is 0.322 e. The predicted molar refractivity (Wildman–Crippen MR) is 83.3 cm³/mol. The van der Waals surface area contributed by atoms with Crippen LogP contribution in [0.3, 0.4) is 0 Å². The first kappa shape index (κ1) is 14.5. The average Bonchev–Trinajstić information content (AvgIpc) is 3.06. The quantitative estimate of drug-likeness (QED) is 0.689. The molecule has 0 aromatic heterocycles. The lowest BCUT2D eigenvalue weighted by Crippen LogP contribution is -2.34. The van der Waals surface area contributed by atoms with Gasteiger partial charge in [-0.2, -0.15) is 0 Å². The molecule has 1 saturated carbocycles. The molecule has 1 aromatic carbocycles. The summed E-state index contributed by atoms with van der Waals surface area (Å²) in [5, 5.41) is 2.64. The summed E-state index contributed by atoms with van der Waals surface area (Å²) >= 11 is 0. The monoisotopic (exact) mass is 298 g/mol. The summed E-state index contributed by atoms with van der Waals surface area (Å²) in [5.74, 6) is -0.579. The lowest BCUT2D eigenvalue weighted by Gasteiger charge is -2.21. The van der Waals surface area contributed by atoms with Crippen molar-refractivity contribution in [2.75, 3.05) is 10.2 Å². The van der Waals surface area contributed by atoms with Crippen LogP contribution in [0.4, 0.5) is 11.4 Å². The summed E-state index contributed by atoms with van der Waals surface area (Å²) in [7, 11) is 0. The van der Waals surface area contributed by atoms with Crippen LogP contribution in [-0.2, 0) is 14.4 Å². The molecule has 5 nitrogen and oxygen atoms in total. The van der Waals surface area contributed by atoms with Gasteiger partial charge in [-0.3, -0.25) is 14.4 Å². The van der Waals surface area contributed by atoms with E-state index in [4.69, 9.17) is 0 Å². The summed E-state index contributed by atoms with van der Waals surface area (Å²) in [5.41, 5.74) is 0.563. The number of carbonyl (C=O) groups excluding carboxylic acids is 3. The van der Waals surface area contributed by atoms with Crippen LogP contribution in [0.2, 0.25) is 0 Å². The maximum atomic E-state index is 12.7. The molecule has 0 atom stereocenters. The van der Waals surface area contributed by atoms with Gasteiger partial charge in [0, 0.05) is 12.1 Å². The van der Waals surface area contributed by atoms with Crippen molar-refractivity contribution in [3.63, 3.8) is 0 Å². The highest BCUT2D eigenvalue weighted by molar-refractivity contribution is 6.22. The number of hydrogen-bond donors (Lipinski definition) is 1. The van der Waals surface area contributed by atoms with Crippen molar-refractivity contribution in [1.82, 2.24) is 0 Å². The maximum Gasteiger partial charge on any atom is 0.247 e. The summed E-state index contributed by atoms with van der Waals surface area (Å²) in [6, 6.07) is 6.79. The van der Waals surface area contributed by atoms with E-state index in [1.54, 1.807) is 24.3 Å². The van der Waals surface area contributed by atoms with Crippen LogP contribution in [0.1, 0.15) is 32.1 Å². The molecule has 1 heterocycles. The van der Waals surface area contributed by atoms with Crippen molar-refractivity contribution in [2.24, 2.45) is 5.41 Å². The van der Waals surface area contributed by atoms with E-state index in [2.05, 4.69) is 11.9 Å². The first-order valence-electron chi connectivity index (χ1n) is 7.47. The minimum absolute atomic E-state index is 0.0952. The highest BCUT2D eigenvalue weighted by Crippen LogP contribution is 2.48. The molecule has 3 amide bonds. The third-order valence-corrected chi connectivity index (χ3v) is 4.51. The fraction of sp³-hybridized carbons (Fsp3) is 0.353. The predicted octanol–water partition coefficient (Wildman–Crippen LogP) is 2.63. The Morgan fingerprint density at radius 3 is 2.68 bits per heavy atom. The van der Waals surface area contributed by atoms with Crippen LogP contribution in [0.25, 0.3) is 0 Å². The van der Waals surface area contributed by atoms with Gasteiger partial charge in [0.2, 0.25) is 17.7 Å². The number of anilines is 2. The van der Waals surface area contributed by atoms with Crippen molar-refractivity contribution in [1.29, 1.82) is 0 Å². The van der Waals surface area contributed by atoms with Gasteiger partial charge in [0.25, 0.3) is 0 Å². The first-order valence-corrected chi connectivity index (χ1v) is 7.47. The molecule has 1 saturated heterocycles. The Morgan fingerprint density at radius 1 is 1.27 bits per heavy atom. The maximum absolute atomic E-state index is 12.7. The van der Waals surface area contributed by atoms with Gasteiger partial charge in [-0.05, 0) is 37.1 Å². The van der Waals surface area contributed by atoms with Gasteiger partial charge in [0.1, 0.15) is 0 Å². The Hall–Kier alpha value is -2.43. The number of rotatable bonds is 3. The third-order valence-electron chi connectivity index (χ3n) is 4.51. The Bertz CT molecular complexity index is 660. The van der Waals surface area contributed by atoms with Crippen LogP contribution in [-0.4, -0.2) is 17.7 Å². The molecule has 1 aromatic rings. The van der Waals surface area contributed by atoms with Gasteiger partial charge in [-0.25, -0.2) is 4.90 Å². The van der Waals surface area contributed by atoms with E-state index in [9.17, 15) is 14.4 Å². The normalized spacial score (nSPS) is 19.7. The summed E-state index contributed by atoms with van der Waals surface area (Å²) in [4.78, 5) is 37.7. The number of amides is 3. The molecule has 1 spiro atoms. The van der Waals surface area contributed by atoms with E-state index >= 15 is 0 Å². The zero-order valence-corrected chi connectivity index (χ0v) is 12.3. The van der Waals surface area contributed by atoms with Crippen molar-refractivity contribution in [3.05, 3.63) is 36.9 Å². The number of imide groups is 1. The second-order valence-corrected chi connectivity index (χ2v) is 5.94. The lowest BCUT2D eigenvalue weighted by molar-refractivity contribution is -0.125. The lowest BCUT2D eigenvalue weighted by atomic mass is 9.84. The zero-order valence-electron chi connectivity index (χ0n) is 12.3. The Morgan fingerprint density at radius 2 is 2.00 bits per heavy atom. The number of hydrogen-bond acceptors (Lipinski definition) is 3. The van der Waals surface area contributed by atoms with E-state index in [-0.39, 0.29) is 17.7 Å². The molecule has 22 heavy (non-hydrogen) atoms. The van der Waals surface area contributed by atoms with Gasteiger partial charge in [-0.15, -0.1) is 0 Å². The molecule has 0 bridgehead atoms. The van der Waals surface area contributed by atoms with Crippen molar-refractivity contribution in [3.8, 4) is 0 Å². The van der Waals surface area contributed by atoms with Crippen molar-refractivity contribution >= 4 is 29.1 Å². The molecular weight excluding hydrogens is 280 g/mol. The highest BCUT2D eigenvalue weighted by atomic mass is 16.2. The van der Waals surface area contributed by atoms with Gasteiger partial charge in [-0.1, -0.05) is 25.5 Å². The summed E-state index contributed by atoms with van der Waals surface area (Å²) in [6.07, 6.45) is 5.06. The van der Waals surface area contributed by atoms with Crippen molar-refractivity contribution < 1.29 is 14.4 Å². The molecule has 0 radical (unpaired) electrons. The second kappa shape index (κ2) is 5.40. The van der Waals surface area contributed by atoms with E-state index in [0.717, 1.165) is 25.7 Å². The second-order valence-electron chi connectivity index (χ2n) is 5.94. The van der Waals surface area contributed by atoms with Crippen LogP contribution in [0.15, 0.2) is 36.9 Å². The number of nitrogens with zero attached hydrogens (tertiary/aromatic N) is 1. The number of benzene rings is 1. The van der Waals surface area contributed by atoms with Crippen LogP contribution < -0.4 is 10.2 Å². The van der Waals surface area contributed by atoms with Crippen LogP contribution >= 0.6 is 0 Å². The van der Waals surface area contributed by atoms with Crippen molar-refractivity contribution in [2.45, 2.75) is 32.1 Å². The molecule has 114 valence electrons.